The lowest BCUT2D eigenvalue weighted by molar-refractivity contribution is -0.122. The number of amides is 2. The van der Waals surface area contributed by atoms with Crippen molar-refractivity contribution < 1.29 is 22.8 Å². The quantitative estimate of drug-likeness (QED) is 0.266. The Hall–Kier alpha value is -4.92. The summed E-state index contributed by atoms with van der Waals surface area (Å²) in [5.41, 5.74) is 8.60. The van der Waals surface area contributed by atoms with Gasteiger partial charge in [-0.05, 0) is 77.9 Å². The van der Waals surface area contributed by atoms with Gasteiger partial charge in [-0.2, -0.15) is 0 Å². The molecule has 0 spiro atoms. The van der Waals surface area contributed by atoms with Gasteiger partial charge in [-0.25, -0.2) is 13.2 Å². The zero-order valence-corrected chi connectivity index (χ0v) is 21.5. The number of nitrogens with zero attached hydrogens (tertiary/aromatic N) is 2. The molecule has 3 N–H and O–H groups in total. The molecule has 5 aromatic rings. The predicted octanol–water partition coefficient (Wildman–Crippen LogP) is 5.63. The number of hydrogen-bond donors (Lipinski definition) is 2. The average Bonchev–Trinajstić information content (AvgIpc) is 3.29. The molecular formula is C31H25F3N4O2. The summed E-state index contributed by atoms with van der Waals surface area (Å²) in [6.45, 7) is 1.96. The molecule has 0 aliphatic carbocycles. The molecule has 3 aromatic carbocycles. The summed E-state index contributed by atoms with van der Waals surface area (Å²) in [6, 6.07) is 17.5. The fourth-order valence-electron chi connectivity index (χ4n) is 4.83. The van der Waals surface area contributed by atoms with Crippen molar-refractivity contribution >= 4 is 22.7 Å². The van der Waals surface area contributed by atoms with E-state index in [0.29, 0.717) is 22.4 Å². The van der Waals surface area contributed by atoms with Crippen LogP contribution in [0.1, 0.15) is 33.2 Å². The molecule has 0 aliphatic heterocycles. The second kappa shape index (κ2) is 11.1. The second-order valence-electron chi connectivity index (χ2n) is 9.60. The summed E-state index contributed by atoms with van der Waals surface area (Å²) in [7, 11) is 0. The van der Waals surface area contributed by atoms with Crippen LogP contribution in [0, 0.1) is 24.4 Å². The molecule has 0 bridgehead atoms. The van der Waals surface area contributed by atoms with E-state index in [4.69, 9.17) is 5.73 Å². The Morgan fingerprint density at radius 2 is 1.75 bits per heavy atom. The number of rotatable bonds is 8. The maximum Gasteiger partial charge on any atom is 0.251 e. The van der Waals surface area contributed by atoms with Gasteiger partial charge in [-0.15, -0.1) is 0 Å². The summed E-state index contributed by atoms with van der Waals surface area (Å²) < 4.78 is 44.1. The molecule has 9 heteroatoms. The smallest absolute Gasteiger partial charge is 0.251 e. The van der Waals surface area contributed by atoms with Crippen LogP contribution in [0.25, 0.3) is 22.0 Å². The molecule has 1 atom stereocenters. The Kier molecular flexibility index (Phi) is 7.37. The molecule has 202 valence electrons. The van der Waals surface area contributed by atoms with Crippen LogP contribution in [0.4, 0.5) is 13.2 Å². The van der Waals surface area contributed by atoms with E-state index in [-0.39, 0.29) is 24.4 Å². The third kappa shape index (κ3) is 5.73. The number of aryl methyl sites for hydroxylation is 1. The molecule has 40 heavy (non-hydrogen) atoms. The maximum absolute atomic E-state index is 14.2. The zero-order valence-electron chi connectivity index (χ0n) is 21.5. The Balaban J connectivity index is 1.53. The molecular weight excluding hydrogens is 517 g/mol. The second-order valence-corrected chi connectivity index (χ2v) is 9.60. The van der Waals surface area contributed by atoms with Crippen molar-refractivity contribution in [3.8, 4) is 11.1 Å². The number of pyridine rings is 1. The van der Waals surface area contributed by atoms with Gasteiger partial charge in [-0.3, -0.25) is 14.6 Å². The number of fused-ring (bicyclic) bond motifs is 1. The van der Waals surface area contributed by atoms with Gasteiger partial charge in [0.15, 0.2) is 0 Å². The van der Waals surface area contributed by atoms with Crippen molar-refractivity contribution in [3.05, 3.63) is 125 Å². The number of halogens is 3. The lowest BCUT2D eigenvalue weighted by Gasteiger charge is -2.22. The normalized spacial score (nSPS) is 11.9. The Bertz CT molecular complexity index is 1730. The molecule has 0 radical (unpaired) electrons. The molecule has 6 nitrogen and oxygen atoms in total. The van der Waals surface area contributed by atoms with Gasteiger partial charge < -0.3 is 15.6 Å². The van der Waals surface area contributed by atoms with Crippen molar-refractivity contribution in [1.29, 1.82) is 0 Å². The van der Waals surface area contributed by atoms with E-state index in [0.717, 1.165) is 28.6 Å². The highest BCUT2D eigenvalue weighted by Crippen LogP contribution is 2.30. The number of benzene rings is 3. The average molecular weight is 543 g/mol. The van der Waals surface area contributed by atoms with Gasteiger partial charge in [0, 0.05) is 29.5 Å². The number of nitrogens with two attached hydrogens (primary N) is 1. The largest absolute Gasteiger partial charge is 0.366 e. The van der Waals surface area contributed by atoms with Gasteiger partial charge in [0.05, 0.1) is 17.3 Å². The van der Waals surface area contributed by atoms with Gasteiger partial charge in [-0.1, -0.05) is 24.3 Å². The number of aromatic nitrogens is 2. The zero-order chi connectivity index (χ0) is 28.4. The SMILES string of the molecule is Cc1ccc2ccn(CC(=O)NC(Cc3cc(F)cc(F)c3)c3ncccc3-c3ccc(F)c(C(N)=O)c3)c2c1. The standard InChI is InChI=1S/C31H25F3N4O2/c1-18-4-5-20-8-10-38(28(20)11-18)17-29(39)37-27(14-19-12-22(32)16-23(33)13-19)30-24(3-2-9-36-30)21-6-7-26(34)25(15-21)31(35)40/h2-13,15-16,27H,14,17H2,1H3,(H2,35,40)(H,37,39). The van der Waals surface area contributed by atoms with Crippen LogP contribution in [0.15, 0.2) is 85.2 Å². The van der Waals surface area contributed by atoms with E-state index in [1.165, 1.54) is 30.5 Å². The highest BCUT2D eigenvalue weighted by molar-refractivity contribution is 5.94. The van der Waals surface area contributed by atoms with Crippen LogP contribution in [-0.2, 0) is 17.8 Å². The van der Waals surface area contributed by atoms with Crippen molar-refractivity contribution in [2.24, 2.45) is 5.73 Å². The van der Waals surface area contributed by atoms with Gasteiger partial charge in [0.1, 0.15) is 24.0 Å². The highest BCUT2D eigenvalue weighted by atomic mass is 19.1. The molecule has 2 aromatic heterocycles. The van der Waals surface area contributed by atoms with Crippen molar-refractivity contribution in [3.63, 3.8) is 0 Å². The first-order valence-electron chi connectivity index (χ1n) is 12.5. The lowest BCUT2D eigenvalue weighted by atomic mass is 9.94. The van der Waals surface area contributed by atoms with E-state index < -0.39 is 29.4 Å². The topological polar surface area (TPSA) is 90.0 Å². The summed E-state index contributed by atoms with van der Waals surface area (Å²) in [4.78, 5) is 29.6. The summed E-state index contributed by atoms with van der Waals surface area (Å²) in [5.74, 6) is -3.55. The predicted molar refractivity (Wildman–Crippen MR) is 146 cm³/mol. The molecule has 1 unspecified atom stereocenters. The number of hydrogen-bond acceptors (Lipinski definition) is 3. The minimum absolute atomic E-state index is 0.00843. The number of carbonyl (C=O) groups is 2. The Morgan fingerprint density at radius 1 is 0.975 bits per heavy atom. The molecule has 2 heterocycles. The number of primary amides is 1. The van der Waals surface area contributed by atoms with Crippen LogP contribution in [-0.4, -0.2) is 21.4 Å². The summed E-state index contributed by atoms with van der Waals surface area (Å²) >= 11 is 0. The Morgan fingerprint density at radius 3 is 2.50 bits per heavy atom. The van der Waals surface area contributed by atoms with Gasteiger partial charge >= 0.3 is 0 Å². The molecule has 0 saturated heterocycles. The van der Waals surface area contributed by atoms with Crippen molar-refractivity contribution in [1.82, 2.24) is 14.9 Å². The summed E-state index contributed by atoms with van der Waals surface area (Å²) in [6.07, 6.45) is 3.35. The lowest BCUT2D eigenvalue weighted by Crippen LogP contribution is -2.33. The fourth-order valence-corrected chi connectivity index (χ4v) is 4.83. The minimum Gasteiger partial charge on any atom is -0.366 e. The first kappa shape index (κ1) is 26.7. The molecule has 0 aliphatic rings. The van der Waals surface area contributed by atoms with E-state index in [9.17, 15) is 22.8 Å². The van der Waals surface area contributed by atoms with Crippen LogP contribution in [0.2, 0.25) is 0 Å². The highest BCUT2D eigenvalue weighted by Gasteiger charge is 2.23. The third-order valence-electron chi connectivity index (χ3n) is 6.65. The monoisotopic (exact) mass is 542 g/mol. The number of nitrogens with one attached hydrogen (secondary N) is 1. The van der Waals surface area contributed by atoms with E-state index >= 15 is 0 Å². The van der Waals surface area contributed by atoms with Crippen molar-refractivity contribution in [2.45, 2.75) is 25.9 Å². The first-order valence-corrected chi connectivity index (χ1v) is 12.5. The van der Waals surface area contributed by atoms with Gasteiger partial charge in [0.25, 0.3) is 5.91 Å². The van der Waals surface area contributed by atoms with E-state index in [1.807, 2.05) is 42.0 Å². The van der Waals surface area contributed by atoms with Crippen LogP contribution < -0.4 is 11.1 Å². The molecule has 5 rings (SSSR count). The molecule has 2 amide bonds. The first-order chi connectivity index (χ1) is 19.2. The molecule has 0 fully saturated rings. The van der Waals surface area contributed by atoms with Crippen LogP contribution >= 0.6 is 0 Å². The van der Waals surface area contributed by atoms with Gasteiger partial charge in [0.2, 0.25) is 5.91 Å². The summed E-state index contributed by atoms with van der Waals surface area (Å²) in [5, 5.41) is 3.95. The number of carbonyl (C=O) groups excluding carboxylic acids is 2. The van der Waals surface area contributed by atoms with Crippen LogP contribution in [0.3, 0.4) is 0 Å². The third-order valence-corrected chi connectivity index (χ3v) is 6.65. The van der Waals surface area contributed by atoms with Crippen LogP contribution in [0.5, 0.6) is 0 Å². The van der Waals surface area contributed by atoms with E-state index in [1.54, 1.807) is 12.1 Å². The minimum atomic E-state index is -0.931. The Labute approximate surface area is 228 Å². The fraction of sp³-hybridized carbons (Fsp3) is 0.129. The van der Waals surface area contributed by atoms with E-state index in [2.05, 4.69) is 10.3 Å². The maximum atomic E-state index is 14.2. The molecule has 0 saturated carbocycles. The van der Waals surface area contributed by atoms with Crippen molar-refractivity contribution in [2.75, 3.05) is 0 Å².